The van der Waals surface area contributed by atoms with Crippen molar-refractivity contribution in [2.75, 3.05) is 6.61 Å². The van der Waals surface area contributed by atoms with Crippen molar-refractivity contribution in [2.24, 2.45) is 22.2 Å². The Balaban J connectivity index is 0.000000167. The molecule has 0 aliphatic heterocycles. The van der Waals surface area contributed by atoms with E-state index in [0.717, 1.165) is 0 Å². The smallest absolute Gasteiger partial charge is 0.0467 e. The predicted molar refractivity (Wildman–Crippen MR) is 133 cm³/mol. The number of hydrogen-bond acceptors (Lipinski definition) is 1. The van der Waals surface area contributed by atoms with Crippen LogP contribution in [0.4, 0.5) is 0 Å². The molecule has 0 saturated heterocycles. The average Bonchev–Trinajstić information content (AvgIpc) is 3.51. The Morgan fingerprint density at radius 1 is 1.00 bits per heavy atom. The molecule has 3 saturated carbocycles. The highest BCUT2D eigenvalue weighted by Crippen LogP contribution is 2.51. The number of aliphatic hydroxyl groups is 1. The molecule has 0 spiro atoms. The van der Waals surface area contributed by atoms with Gasteiger partial charge in [0.25, 0.3) is 0 Å². The standard InChI is InChI=1S/C12H20O.C9H16.C8H14/c1-12(10-5-2-3-6-10)8-4-7-11(12)9-13;1-8(2)9(3)6-4-5-7-9;1-3-8(2)6-4-5-7-8/h5,11,13H,2-4,6-9H2,1H3;1,4-7H2,2-3H3;3H,1,4-7H2,2H3. The van der Waals surface area contributed by atoms with Crippen molar-refractivity contribution in [3.05, 3.63) is 36.5 Å². The van der Waals surface area contributed by atoms with E-state index in [9.17, 15) is 5.11 Å². The van der Waals surface area contributed by atoms with Crippen LogP contribution in [0.2, 0.25) is 0 Å². The summed E-state index contributed by atoms with van der Waals surface area (Å²) in [4.78, 5) is 0. The summed E-state index contributed by atoms with van der Waals surface area (Å²) in [6, 6.07) is 0. The molecule has 3 fully saturated rings. The molecule has 1 N–H and O–H groups in total. The van der Waals surface area contributed by atoms with E-state index in [1.807, 2.05) is 0 Å². The van der Waals surface area contributed by atoms with Gasteiger partial charge in [-0.05, 0) is 86.9 Å². The van der Waals surface area contributed by atoms with Crippen LogP contribution < -0.4 is 0 Å². The van der Waals surface area contributed by atoms with Gasteiger partial charge in [-0.25, -0.2) is 0 Å². The number of allylic oxidation sites excluding steroid dienone is 4. The first-order chi connectivity index (χ1) is 14.2. The second kappa shape index (κ2) is 11.2. The summed E-state index contributed by atoms with van der Waals surface area (Å²) >= 11 is 0. The van der Waals surface area contributed by atoms with E-state index in [4.69, 9.17) is 0 Å². The van der Waals surface area contributed by atoms with Gasteiger partial charge >= 0.3 is 0 Å². The van der Waals surface area contributed by atoms with Gasteiger partial charge in [-0.2, -0.15) is 0 Å². The molecule has 0 aromatic rings. The first-order valence-electron chi connectivity index (χ1n) is 12.8. The zero-order valence-electron chi connectivity index (χ0n) is 20.7. The maximum atomic E-state index is 9.33. The molecule has 172 valence electrons. The summed E-state index contributed by atoms with van der Waals surface area (Å²) in [6.45, 7) is 17.4. The highest BCUT2D eigenvalue weighted by molar-refractivity contribution is 5.20. The summed E-state index contributed by atoms with van der Waals surface area (Å²) in [5, 5.41) is 9.33. The first kappa shape index (κ1) is 25.4. The Labute approximate surface area is 188 Å². The van der Waals surface area contributed by atoms with Gasteiger partial charge in [0.05, 0.1) is 0 Å². The first-order valence-corrected chi connectivity index (χ1v) is 12.8. The second-order valence-electron chi connectivity index (χ2n) is 11.4. The molecule has 4 rings (SSSR count). The lowest BCUT2D eigenvalue weighted by atomic mass is 9.73. The number of rotatable bonds is 4. The lowest BCUT2D eigenvalue weighted by Gasteiger charge is -2.32. The Bertz CT molecular complexity index is 585. The molecule has 0 amide bonds. The molecule has 0 heterocycles. The van der Waals surface area contributed by atoms with Crippen molar-refractivity contribution >= 4 is 0 Å². The molecule has 1 heteroatoms. The molecular formula is C29H50O. The molecule has 0 radical (unpaired) electrons. The molecule has 0 aromatic heterocycles. The van der Waals surface area contributed by atoms with Gasteiger partial charge in [0.15, 0.2) is 0 Å². The molecular weight excluding hydrogens is 364 g/mol. The van der Waals surface area contributed by atoms with Gasteiger partial charge < -0.3 is 5.11 Å². The van der Waals surface area contributed by atoms with Crippen LogP contribution in [0.25, 0.3) is 0 Å². The third-order valence-electron chi connectivity index (χ3n) is 9.12. The Hall–Kier alpha value is -0.820. The van der Waals surface area contributed by atoms with Gasteiger partial charge in [0.1, 0.15) is 0 Å². The van der Waals surface area contributed by atoms with Crippen molar-refractivity contribution < 1.29 is 5.11 Å². The van der Waals surface area contributed by atoms with E-state index in [2.05, 4.69) is 53.0 Å². The van der Waals surface area contributed by atoms with Crippen LogP contribution in [0.15, 0.2) is 36.5 Å². The summed E-state index contributed by atoms with van der Waals surface area (Å²) in [7, 11) is 0. The molecule has 4 aliphatic carbocycles. The molecule has 2 atom stereocenters. The number of aliphatic hydroxyl groups excluding tert-OH is 1. The van der Waals surface area contributed by atoms with Crippen molar-refractivity contribution in [2.45, 2.75) is 118 Å². The molecule has 0 bridgehead atoms. The summed E-state index contributed by atoms with van der Waals surface area (Å²) < 4.78 is 0. The Kier molecular flexibility index (Phi) is 9.47. The second-order valence-corrected chi connectivity index (χ2v) is 11.4. The van der Waals surface area contributed by atoms with Gasteiger partial charge in [-0.15, -0.1) is 6.58 Å². The Morgan fingerprint density at radius 3 is 2.00 bits per heavy atom. The zero-order chi connectivity index (χ0) is 22.3. The van der Waals surface area contributed by atoms with Crippen molar-refractivity contribution in [3.63, 3.8) is 0 Å². The quantitative estimate of drug-likeness (QED) is 0.456. The fourth-order valence-electron chi connectivity index (χ4n) is 6.11. The van der Waals surface area contributed by atoms with E-state index in [1.54, 1.807) is 5.57 Å². The van der Waals surface area contributed by atoms with Crippen LogP contribution in [-0.2, 0) is 0 Å². The molecule has 0 aromatic carbocycles. The minimum Gasteiger partial charge on any atom is -0.396 e. The van der Waals surface area contributed by atoms with Gasteiger partial charge in [0, 0.05) is 6.61 Å². The lowest BCUT2D eigenvalue weighted by Crippen LogP contribution is -2.26. The molecule has 2 unspecified atom stereocenters. The predicted octanol–water partition coefficient (Wildman–Crippen LogP) is 8.79. The van der Waals surface area contributed by atoms with E-state index >= 15 is 0 Å². The normalized spacial score (nSPS) is 31.2. The van der Waals surface area contributed by atoms with Crippen LogP contribution in [0, 0.1) is 22.2 Å². The van der Waals surface area contributed by atoms with Crippen LogP contribution in [0.5, 0.6) is 0 Å². The van der Waals surface area contributed by atoms with Crippen molar-refractivity contribution in [1.82, 2.24) is 0 Å². The van der Waals surface area contributed by atoms with Crippen LogP contribution in [-0.4, -0.2) is 11.7 Å². The summed E-state index contributed by atoms with van der Waals surface area (Å²) in [6.07, 6.45) is 23.3. The van der Waals surface area contributed by atoms with Crippen LogP contribution in [0.3, 0.4) is 0 Å². The average molecular weight is 415 g/mol. The van der Waals surface area contributed by atoms with Gasteiger partial charge in [0.2, 0.25) is 0 Å². The third-order valence-corrected chi connectivity index (χ3v) is 9.12. The fourth-order valence-corrected chi connectivity index (χ4v) is 6.11. The number of hydrogen-bond donors (Lipinski definition) is 1. The molecule has 1 nitrogen and oxygen atoms in total. The maximum absolute atomic E-state index is 9.33. The SMILES string of the molecule is C=C(C)C1(C)CCCC1.C=CC1(C)CCCC1.CC1(C2=CCCC2)CCCC1CO. The highest BCUT2D eigenvalue weighted by atomic mass is 16.3. The van der Waals surface area contributed by atoms with Gasteiger partial charge in [-0.1, -0.05) is 82.8 Å². The summed E-state index contributed by atoms with van der Waals surface area (Å²) in [5.41, 5.74) is 4.37. The largest absolute Gasteiger partial charge is 0.396 e. The van der Waals surface area contributed by atoms with Gasteiger partial charge in [-0.3, -0.25) is 0 Å². The maximum Gasteiger partial charge on any atom is 0.0467 e. The van der Waals surface area contributed by atoms with Crippen LogP contribution in [0.1, 0.15) is 118 Å². The minimum atomic E-state index is 0.352. The van der Waals surface area contributed by atoms with Crippen molar-refractivity contribution in [3.8, 4) is 0 Å². The lowest BCUT2D eigenvalue weighted by molar-refractivity contribution is 0.155. The van der Waals surface area contributed by atoms with E-state index < -0.39 is 0 Å². The zero-order valence-corrected chi connectivity index (χ0v) is 20.7. The molecule has 30 heavy (non-hydrogen) atoms. The Morgan fingerprint density at radius 2 is 1.60 bits per heavy atom. The fraction of sp³-hybridized carbons (Fsp3) is 0.793. The topological polar surface area (TPSA) is 20.2 Å². The van der Waals surface area contributed by atoms with E-state index in [-0.39, 0.29) is 0 Å². The minimum absolute atomic E-state index is 0.352. The van der Waals surface area contributed by atoms with Crippen molar-refractivity contribution in [1.29, 1.82) is 0 Å². The molecule has 4 aliphatic rings. The van der Waals surface area contributed by atoms with Crippen LogP contribution >= 0.6 is 0 Å². The van der Waals surface area contributed by atoms with E-state index in [0.29, 0.717) is 28.8 Å². The van der Waals surface area contributed by atoms with E-state index in [1.165, 1.54) is 95.5 Å². The summed E-state index contributed by atoms with van der Waals surface area (Å²) in [5.74, 6) is 0.539. The monoisotopic (exact) mass is 414 g/mol. The highest BCUT2D eigenvalue weighted by Gasteiger charge is 2.41. The third kappa shape index (κ3) is 6.35.